The molecule has 0 atom stereocenters. The summed E-state index contributed by atoms with van der Waals surface area (Å²) in [6, 6.07) is 13.9. The van der Waals surface area contributed by atoms with E-state index < -0.39 is 0 Å². The molecule has 0 aliphatic heterocycles. The molecule has 0 amide bonds. The van der Waals surface area contributed by atoms with Crippen LogP contribution in [0.2, 0.25) is 0 Å². The van der Waals surface area contributed by atoms with Crippen molar-refractivity contribution >= 4 is 33.7 Å². The zero-order chi connectivity index (χ0) is 10.7. The van der Waals surface area contributed by atoms with Crippen molar-refractivity contribution in [3.8, 4) is 0 Å². The molecular formula is C13H9ClO. The maximum atomic E-state index is 10.3. The molecule has 0 aromatic heterocycles. The molecule has 0 spiro atoms. The molecule has 0 aliphatic rings. The fourth-order valence-corrected chi connectivity index (χ4v) is 1.66. The third kappa shape index (κ3) is 2.08. The fourth-order valence-electron chi connectivity index (χ4n) is 1.49. The molecule has 15 heavy (non-hydrogen) atoms. The number of fused-ring (bicyclic) bond motifs is 1. The molecule has 0 N–H and O–H groups in total. The number of aldehydes is 1. The number of carbonyl (C=O) groups excluding carboxylic acids is 1. The van der Waals surface area contributed by atoms with Crippen LogP contribution in [-0.4, -0.2) is 6.29 Å². The minimum absolute atomic E-state index is 0.468. The van der Waals surface area contributed by atoms with Gasteiger partial charge in [0, 0.05) is 0 Å². The van der Waals surface area contributed by atoms with Gasteiger partial charge in [-0.2, -0.15) is 0 Å². The zero-order valence-corrected chi connectivity index (χ0v) is 8.74. The van der Waals surface area contributed by atoms with E-state index in [4.69, 9.17) is 11.6 Å². The van der Waals surface area contributed by atoms with Crippen molar-refractivity contribution in [1.29, 1.82) is 0 Å². The van der Waals surface area contributed by atoms with Crippen molar-refractivity contribution in [3.05, 3.63) is 54.1 Å². The third-order valence-electron chi connectivity index (χ3n) is 2.24. The minimum Gasteiger partial charge on any atom is -0.299 e. The topological polar surface area (TPSA) is 17.1 Å². The average molecular weight is 217 g/mol. The highest BCUT2D eigenvalue weighted by atomic mass is 35.5. The number of rotatable bonds is 2. The number of benzene rings is 2. The maximum Gasteiger partial charge on any atom is 0.144 e. The molecule has 2 aromatic carbocycles. The Bertz CT molecular complexity index is 529. The summed E-state index contributed by atoms with van der Waals surface area (Å²) < 4.78 is 0. The van der Waals surface area contributed by atoms with Crippen molar-refractivity contribution in [2.24, 2.45) is 0 Å². The van der Waals surface area contributed by atoms with Crippen molar-refractivity contribution in [2.45, 2.75) is 0 Å². The molecule has 2 heteroatoms. The molecule has 74 valence electrons. The van der Waals surface area contributed by atoms with E-state index in [-0.39, 0.29) is 0 Å². The Labute approximate surface area is 93.0 Å². The molecule has 0 fully saturated rings. The van der Waals surface area contributed by atoms with E-state index in [1.54, 1.807) is 0 Å². The molecule has 2 aromatic rings. The molecule has 1 nitrogen and oxygen atoms in total. The van der Waals surface area contributed by atoms with Crippen LogP contribution >= 0.6 is 11.6 Å². The van der Waals surface area contributed by atoms with E-state index in [1.165, 1.54) is 6.08 Å². The van der Waals surface area contributed by atoms with Gasteiger partial charge in [-0.15, -0.1) is 0 Å². The van der Waals surface area contributed by atoms with Gasteiger partial charge < -0.3 is 0 Å². The predicted octanol–water partition coefficient (Wildman–Crippen LogP) is 3.62. The number of hydrogen-bond acceptors (Lipinski definition) is 1. The highest BCUT2D eigenvalue weighted by molar-refractivity contribution is 6.49. The molecule has 0 saturated carbocycles. The fraction of sp³-hybridized carbons (Fsp3) is 0. The van der Waals surface area contributed by atoms with Gasteiger partial charge in [0.15, 0.2) is 0 Å². The van der Waals surface area contributed by atoms with Gasteiger partial charge in [0.05, 0.1) is 5.03 Å². The number of allylic oxidation sites excluding steroid dienone is 1. The molecular weight excluding hydrogens is 208 g/mol. The SMILES string of the molecule is O=CC=C(Cl)c1ccc2ccccc2c1. The summed E-state index contributed by atoms with van der Waals surface area (Å²) in [5, 5.41) is 2.75. The Morgan fingerprint density at radius 2 is 1.80 bits per heavy atom. The van der Waals surface area contributed by atoms with E-state index >= 15 is 0 Å². The van der Waals surface area contributed by atoms with Gasteiger partial charge >= 0.3 is 0 Å². The van der Waals surface area contributed by atoms with E-state index in [9.17, 15) is 4.79 Å². The number of hydrogen-bond donors (Lipinski definition) is 0. The molecule has 0 unspecified atom stereocenters. The first kappa shape index (κ1) is 9.94. The second kappa shape index (κ2) is 4.28. The molecule has 0 radical (unpaired) electrons. The van der Waals surface area contributed by atoms with Crippen molar-refractivity contribution in [2.75, 3.05) is 0 Å². The van der Waals surface area contributed by atoms with Gasteiger partial charge in [0.2, 0.25) is 0 Å². The third-order valence-corrected chi connectivity index (χ3v) is 2.58. The summed E-state index contributed by atoms with van der Waals surface area (Å²) in [7, 11) is 0. The zero-order valence-electron chi connectivity index (χ0n) is 7.98. The number of carbonyl (C=O) groups is 1. The lowest BCUT2D eigenvalue weighted by Crippen LogP contribution is -1.79. The lowest BCUT2D eigenvalue weighted by Gasteiger charge is -2.01. The van der Waals surface area contributed by atoms with E-state index in [1.807, 2.05) is 42.5 Å². The largest absolute Gasteiger partial charge is 0.299 e. The molecule has 0 bridgehead atoms. The van der Waals surface area contributed by atoms with Gasteiger partial charge in [-0.1, -0.05) is 48.0 Å². The van der Waals surface area contributed by atoms with Crippen LogP contribution in [0.1, 0.15) is 5.56 Å². The smallest absolute Gasteiger partial charge is 0.144 e. The summed E-state index contributed by atoms with van der Waals surface area (Å²) in [5.74, 6) is 0. The van der Waals surface area contributed by atoms with E-state index in [0.29, 0.717) is 11.3 Å². The molecule has 2 rings (SSSR count). The Morgan fingerprint density at radius 3 is 2.53 bits per heavy atom. The van der Waals surface area contributed by atoms with Crippen molar-refractivity contribution in [1.82, 2.24) is 0 Å². The molecule has 0 saturated heterocycles. The lowest BCUT2D eigenvalue weighted by atomic mass is 10.1. The summed E-state index contributed by atoms with van der Waals surface area (Å²) in [4.78, 5) is 10.3. The first-order valence-electron chi connectivity index (χ1n) is 4.61. The molecule has 0 aliphatic carbocycles. The van der Waals surface area contributed by atoms with Crippen molar-refractivity contribution < 1.29 is 4.79 Å². The van der Waals surface area contributed by atoms with E-state index in [2.05, 4.69) is 0 Å². The Hall–Kier alpha value is -1.60. The van der Waals surface area contributed by atoms with Crippen LogP contribution in [0.15, 0.2) is 48.5 Å². The Morgan fingerprint density at radius 1 is 1.07 bits per heavy atom. The lowest BCUT2D eigenvalue weighted by molar-refractivity contribution is -0.104. The number of halogens is 1. The van der Waals surface area contributed by atoms with Gasteiger partial charge in [0.1, 0.15) is 6.29 Å². The maximum absolute atomic E-state index is 10.3. The van der Waals surface area contributed by atoms with Crippen LogP contribution in [0.5, 0.6) is 0 Å². The van der Waals surface area contributed by atoms with Crippen LogP contribution in [0, 0.1) is 0 Å². The summed E-state index contributed by atoms with van der Waals surface area (Å²) in [6.07, 6.45) is 2.04. The summed E-state index contributed by atoms with van der Waals surface area (Å²) in [6.45, 7) is 0. The van der Waals surface area contributed by atoms with E-state index in [0.717, 1.165) is 16.3 Å². The van der Waals surface area contributed by atoms with Gasteiger partial charge in [-0.05, 0) is 28.5 Å². The van der Waals surface area contributed by atoms with Gasteiger partial charge in [0.25, 0.3) is 0 Å². The average Bonchev–Trinajstić information content (AvgIpc) is 2.29. The predicted molar refractivity (Wildman–Crippen MR) is 63.8 cm³/mol. The monoisotopic (exact) mass is 216 g/mol. The van der Waals surface area contributed by atoms with Gasteiger partial charge in [-0.3, -0.25) is 4.79 Å². The highest BCUT2D eigenvalue weighted by Gasteiger charge is 1.98. The standard InChI is InChI=1S/C13H9ClO/c14-13(7-8-15)12-6-5-10-3-1-2-4-11(10)9-12/h1-9H. The second-order valence-electron chi connectivity index (χ2n) is 3.21. The molecule has 0 heterocycles. The Kier molecular flexibility index (Phi) is 2.84. The van der Waals surface area contributed by atoms with Crippen LogP contribution in [0.4, 0.5) is 0 Å². The normalized spacial score (nSPS) is 11.7. The second-order valence-corrected chi connectivity index (χ2v) is 3.62. The summed E-state index contributed by atoms with van der Waals surface area (Å²) >= 11 is 5.94. The first-order chi connectivity index (χ1) is 7.31. The van der Waals surface area contributed by atoms with Crippen molar-refractivity contribution in [3.63, 3.8) is 0 Å². The van der Waals surface area contributed by atoms with Crippen LogP contribution in [0.25, 0.3) is 15.8 Å². The van der Waals surface area contributed by atoms with Crippen LogP contribution in [0.3, 0.4) is 0 Å². The van der Waals surface area contributed by atoms with Gasteiger partial charge in [-0.25, -0.2) is 0 Å². The Balaban J connectivity index is 2.56. The summed E-state index contributed by atoms with van der Waals surface area (Å²) in [5.41, 5.74) is 0.863. The quantitative estimate of drug-likeness (QED) is 0.554. The first-order valence-corrected chi connectivity index (χ1v) is 4.99. The minimum atomic E-state index is 0.468. The highest BCUT2D eigenvalue weighted by Crippen LogP contribution is 2.23. The van der Waals surface area contributed by atoms with Crippen LogP contribution in [-0.2, 0) is 4.79 Å². The van der Waals surface area contributed by atoms with Crippen LogP contribution < -0.4 is 0 Å².